The summed E-state index contributed by atoms with van der Waals surface area (Å²) >= 11 is 0. The van der Waals surface area contributed by atoms with Crippen molar-refractivity contribution in [2.24, 2.45) is 0 Å². The van der Waals surface area contributed by atoms with Crippen LogP contribution in [0.15, 0.2) is 42.5 Å². The van der Waals surface area contributed by atoms with Crippen molar-refractivity contribution < 1.29 is 4.74 Å². The van der Waals surface area contributed by atoms with Gasteiger partial charge in [-0.25, -0.2) is 0 Å². The van der Waals surface area contributed by atoms with Crippen molar-refractivity contribution in [3.8, 4) is 16.9 Å². The third-order valence-corrected chi connectivity index (χ3v) is 2.86. The summed E-state index contributed by atoms with van der Waals surface area (Å²) in [5.74, 6) is 0.975. The molecule has 2 aromatic carbocycles. The Morgan fingerprint density at radius 3 is 2.12 bits per heavy atom. The van der Waals surface area contributed by atoms with Crippen LogP contribution < -0.4 is 4.74 Å². The van der Waals surface area contributed by atoms with Crippen LogP contribution in [-0.2, 0) is 0 Å². The van der Waals surface area contributed by atoms with Gasteiger partial charge in [-0.2, -0.15) is 0 Å². The van der Waals surface area contributed by atoms with E-state index in [0.717, 1.165) is 5.75 Å². The molecule has 1 nitrogen and oxygen atoms in total. The molecule has 0 saturated heterocycles. The quantitative estimate of drug-likeness (QED) is 0.755. The second kappa shape index (κ2) is 5.05. The van der Waals surface area contributed by atoms with Crippen molar-refractivity contribution in [2.45, 2.75) is 20.8 Å². The van der Waals surface area contributed by atoms with Crippen molar-refractivity contribution in [2.75, 3.05) is 6.61 Å². The molecule has 0 atom stereocenters. The van der Waals surface area contributed by atoms with E-state index >= 15 is 0 Å². The molecule has 0 N–H and O–H groups in total. The fraction of sp³-hybridized carbons (Fsp3) is 0.250. The molecule has 0 aliphatic carbocycles. The number of benzene rings is 2. The summed E-state index contributed by atoms with van der Waals surface area (Å²) in [6, 6.07) is 14.9. The number of ether oxygens (including phenoxy) is 1. The van der Waals surface area contributed by atoms with Crippen LogP contribution in [0.25, 0.3) is 11.1 Å². The molecule has 0 aliphatic rings. The Bertz CT molecular complexity index is 497. The van der Waals surface area contributed by atoms with E-state index in [1.807, 2.05) is 13.0 Å². The second-order valence-electron chi connectivity index (χ2n) is 4.28. The largest absolute Gasteiger partial charge is 0.494 e. The van der Waals surface area contributed by atoms with Crippen LogP contribution in [0, 0.1) is 13.8 Å². The normalized spacial score (nSPS) is 10.3. The molecule has 1 heteroatoms. The van der Waals surface area contributed by atoms with Crippen molar-refractivity contribution in [1.82, 2.24) is 0 Å². The lowest BCUT2D eigenvalue weighted by Crippen LogP contribution is -1.93. The van der Waals surface area contributed by atoms with E-state index in [1.165, 1.54) is 22.3 Å². The summed E-state index contributed by atoms with van der Waals surface area (Å²) in [5.41, 5.74) is 4.97. The highest BCUT2D eigenvalue weighted by Gasteiger charge is 2.02. The zero-order valence-corrected chi connectivity index (χ0v) is 10.7. The monoisotopic (exact) mass is 226 g/mol. The Kier molecular flexibility index (Phi) is 3.48. The molecule has 17 heavy (non-hydrogen) atoms. The van der Waals surface area contributed by atoms with Gasteiger partial charge in [0.05, 0.1) is 6.61 Å². The van der Waals surface area contributed by atoms with Crippen LogP contribution in [-0.4, -0.2) is 6.61 Å². The van der Waals surface area contributed by atoms with E-state index in [9.17, 15) is 0 Å². The zero-order chi connectivity index (χ0) is 12.3. The first kappa shape index (κ1) is 11.7. The van der Waals surface area contributed by atoms with Gasteiger partial charge >= 0.3 is 0 Å². The van der Waals surface area contributed by atoms with Gasteiger partial charge < -0.3 is 4.74 Å². The smallest absolute Gasteiger partial charge is 0.122 e. The lowest BCUT2D eigenvalue weighted by atomic mass is 10.0. The predicted molar refractivity (Wildman–Crippen MR) is 72.5 cm³/mol. The molecule has 0 bridgehead atoms. The predicted octanol–water partition coefficient (Wildman–Crippen LogP) is 4.37. The van der Waals surface area contributed by atoms with Gasteiger partial charge in [0.25, 0.3) is 0 Å². The number of aryl methyl sites for hydroxylation is 2. The summed E-state index contributed by atoms with van der Waals surface area (Å²) in [4.78, 5) is 0. The summed E-state index contributed by atoms with van der Waals surface area (Å²) in [7, 11) is 0. The number of hydrogen-bond donors (Lipinski definition) is 0. The summed E-state index contributed by atoms with van der Waals surface area (Å²) in [6.07, 6.45) is 0. The standard InChI is InChI=1S/C16H18O/c1-4-17-16-10-9-15(11-13(16)3)14-7-5-12(2)6-8-14/h5-11H,4H2,1-3H3. The lowest BCUT2D eigenvalue weighted by Gasteiger charge is -2.09. The Morgan fingerprint density at radius 1 is 0.882 bits per heavy atom. The maximum absolute atomic E-state index is 5.55. The van der Waals surface area contributed by atoms with E-state index < -0.39 is 0 Å². The van der Waals surface area contributed by atoms with E-state index in [1.54, 1.807) is 0 Å². The highest BCUT2D eigenvalue weighted by molar-refractivity contribution is 5.65. The molecule has 0 radical (unpaired) electrons. The Hall–Kier alpha value is -1.76. The highest BCUT2D eigenvalue weighted by atomic mass is 16.5. The maximum atomic E-state index is 5.55. The Balaban J connectivity index is 2.34. The Morgan fingerprint density at radius 2 is 1.53 bits per heavy atom. The first-order valence-corrected chi connectivity index (χ1v) is 6.01. The molecule has 88 valence electrons. The zero-order valence-electron chi connectivity index (χ0n) is 10.7. The average molecular weight is 226 g/mol. The minimum absolute atomic E-state index is 0.713. The summed E-state index contributed by atoms with van der Waals surface area (Å²) in [6.45, 7) is 6.91. The van der Waals surface area contributed by atoms with E-state index in [-0.39, 0.29) is 0 Å². The van der Waals surface area contributed by atoms with Crippen LogP contribution in [0.1, 0.15) is 18.1 Å². The molecule has 0 fully saturated rings. The van der Waals surface area contributed by atoms with E-state index in [4.69, 9.17) is 4.74 Å². The molecule has 0 heterocycles. The lowest BCUT2D eigenvalue weighted by molar-refractivity contribution is 0.338. The molecular weight excluding hydrogens is 208 g/mol. The Labute approximate surface area is 103 Å². The van der Waals surface area contributed by atoms with Crippen molar-refractivity contribution in [1.29, 1.82) is 0 Å². The molecule has 0 aliphatic heterocycles. The van der Waals surface area contributed by atoms with Gasteiger partial charge in [0.2, 0.25) is 0 Å². The van der Waals surface area contributed by atoms with Gasteiger partial charge in [0.1, 0.15) is 5.75 Å². The SMILES string of the molecule is CCOc1ccc(-c2ccc(C)cc2)cc1C. The number of hydrogen-bond acceptors (Lipinski definition) is 1. The first-order valence-electron chi connectivity index (χ1n) is 6.01. The molecule has 0 amide bonds. The second-order valence-corrected chi connectivity index (χ2v) is 4.28. The average Bonchev–Trinajstić information content (AvgIpc) is 2.33. The molecule has 0 spiro atoms. The van der Waals surface area contributed by atoms with Gasteiger partial charge in [-0.05, 0) is 49.6 Å². The van der Waals surface area contributed by atoms with Gasteiger partial charge in [-0.3, -0.25) is 0 Å². The third-order valence-electron chi connectivity index (χ3n) is 2.86. The van der Waals surface area contributed by atoms with Gasteiger partial charge in [0.15, 0.2) is 0 Å². The highest BCUT2D eigenvalue weighted by Crippen LogP contribution is 2.26. The molecule has 2 rings (SSSR count). The third kappa shape index (κ3) is 2.68. The minimum atomic E-state index is 0.713. The molecule has 2 aromatic rings. The van der Waals surface area contributed by atoms with Crippen LogP contribution >= 0.6 is 0 Å². The van der Waals surface area contributed by atoms with Crippen molar-refractivity contribution >= 4 is 0 Å². The first-order chi connectivity index (χ1) is 8.20. The fourth-order valence-electron chi connectivity index (χ4n) is 1.89. The summed E-state index contributed by atoms with van der Waals surface area (Å²) < 4.78 is 5.55. The van der Waals surface area contributed by atoms with Crippen LogP contribution in [0.2, 0.25) is 0 Å². The number of rotatable bonds is 3. The molecule has 0 aromatic heterocycles. The van der Waals surface area contributed by atoms with Crippen LogP contribution in [0.4, 0.5) is 0 Å². The molecule has 0 unspecified atom stereocenters. The molecular formula is C16H18O. The van der Waals surface area contributed by atoms with Crippen molar-refractivity contribution in [3.05, 3.63) is 53.6 Å². The van der Waals surface area contributed by atoms with Gasteiger partial charge in [-0.1, -0.05) is 35.9 Å². The van der Waals surface area contributed by atoms with E-state index in [2.05, 4.69) is 50.2 Å². The van der Waals surface area contributed by atoms with E-state index in [0.29, 0.717) is 6.61 Å². The van der Waals surface area contributed by atoms with Gasteiger partial charge in [0, 0.05) is 0 Å². The maximum Gasteiger partial charge on any atom is 0.122 e. The fourth-order valence-corrected chi connectivity index (χ4v) is 1.89. The van der Waals surface area contributed by atoms with Crippen LogP contribution in [0.5, 0.6) is 5.75 Å². The topological polar surface area (TPSA) is 9.23 Å². The minimum Gasteiger partial charge on any atom is -0.494 e. The van der Waals surface area contributed by atoms with Crippen molar-refractivity contribution in [3.63, 3.8) is 0 Å². The van der Waals surface area contributed by atoms with Crippen LogP contribution in [0.3, 0.4) is 0 Å². The molecule has 0 saturated carbocycles. The van der Waals surface area contributed by atoms with Gasteiger partial charge in [-0.15, -0.1) is 0 Å². The summed E-state index contributed by atoms with van der Waals surface area (Å²) in [5, 5.41) is 0.